The molecule has 0 heterocycles. The number of ether oxygens (including phenoxy) is 1. The summed E-state index contributed by atoms with van der Waals surface area (Å²) in [5.41, 5.74) is 0. The fourth-order valence-corrected chi connectivity index (χ4v) is 2.47. The van der Waals surface area contributed by atoms with E-state index in [-0.39, 0.29) is 5.97 Å². The zero-order chi connectivity index (χ0) is 18.4. The van der Waals surface area contributed by atoms with Crippen molar-refractivity contribution < 1.29 is 9.53 Å². The van der Waals surface area contributed by atoms with Crippen molar-refractivity contribution in [2.45, 2.75) is 97.3 Å². The van der Waals surface area contributed by atoms with Gasteiger partial charge in [-0.2, -0.15) is 0 Å². The highest BCUT2D eigenvalue weighted by atomic mass is 16.5. The Morgan fingerprint density at radius 3 is 1.96 bits per heavy atom. The standard InChI is InChI=1S/C23H40O2/c1-3-5-7-8-9-10-11-12-13-14-15-16-17-18-19-21-23(24)25-22-20-6-4-2/h8-13H,3-7,14-22H2,1-2H3. The molecule has 0 spiro atoms. The molecule has 0 saturated heterocycles. The SMILES string of the molecule is CCCCC=CC=CC=CCCCCCCCC(=O)OCCCCC. The van der Waals surface area contributed by atoms with Crippen LogP contribution in [0.5, 0.6) is 0 Å². The first kappa shape index (κ1) is 23.7. The smallest absolute Gasteiger partial charge is 0.305 e. The Morgan fingerprint density at radius 2 is 1.28 bits per heavy atom. The lowest BCUT2D eigenvalue weighted by Crippen LogP contribution is -2.05. The molecule has 0 N–H and O–H groups in total. The lowest BCUT2D eigenvalue weighted by molar-refractivity contribution is -0.143. The molecular weight excluding hydrogens is 308 g/mol. The number of allylic oxidation sites excluding steroid dienone is 6. The molecule has 0 amide bonds. The fraction of sp³-hybridized carbons (Fsp3) is 0.696. The van der Waals surface area contributed by atoms with Crippen LogP contribution in [-0.4, -0.2) is 12.6 Å². The van der Waals surface area contributed by atoms with E-state index in [9.17, 15) is 4.79 Å². The van der Waals surface area contributed by atoms with Crippen LogP contribution in [0.3, 0.4) is 0 Å². The van der Waals surface area contributed by atoms with Crippen LogP contribution in [0.4, 0.5) is 0 Å². The Labute approximate surface area is 156 Å². The van der Waals surface area contributed by atoms with Crippen molar-refractivity contribution in [3.05, 3.63) is 36.5 Å². The molecule has 0 unspecified atom stereocenters. The van der Waals surface area contributed by atoms with Crippen LogP contribution in [0.25, 0.3) is 0 Å². The summed E-state index contributed by atoms with van der Waals surface area (Å²) in [5.74, 6) is -0.0189. The third-order valence-corrected chi connectivity index (χ3v) is 4.09. The molecule has 0 aliphatic heterocycles. The van der Waals surface area contributed by atoms with E-state index < -0.39 is 0 Å². The lowest BCUT2D eigenvalue weighted by atomic mass is 10.1. The number of carbonyl (C=O) groups excluding carboxylic acids is 1. The molecule has 0 saturated carbocycles. The Balaban J connectivity index is 3.32. The van der Waals surface area contributed by atoms with Gasteiger partial charge in [-0.25, -0.2) is 0 Å². The number of hydrogen-bond acceptors (Lipinski definition) is 2. The maximum Gasteiger partial charge on any atom is 0.305 e. The highest BCUT2D eigenvalue weighted by Gasteiger charge is 2.01. The largest absolute Gasteiger partial charge is 0.466 e. The van der Waals surface area contributed by atoms with Gasteiger partial charge in [-0.05, 0) is 32.1 Å². The molecule has 0 aromatic rings. The first-order valence-corrected chi connectivity index (χ1v) is 10.4. The van der Waals surface area contributed by atoms with Crippen LogP contribution < -0.4 is 0 Å². The van der Waals surface area contributed by atoms with Gasteiger partial charge in [-0.15, -0.1) is 0 Å². The van der Waals surface area contributed by atoms with Crippen LogP contribution in [0.1, 0.15) is 97.3 Å². The minimum Gasteiger partial charge on any atom is -0.466 e. The molecule has 25 heavy (non-hydrogen) atoms. The number of hydrogen-bond donors (Lipinski definition) is 0. The molecule has 0 aliphatic rings. The first-order chi connectivity index (χ1) is 12.3. The Kier molecular flexibility index (Phi) is 19.6. The average Bonchev–Trinajstić information content (AvgIpc) is 2.62. The monoisotopic (exact) mass is 348 g/mol. The van der Waals surface area contributed by atoms with Gasteiger partial charge in [0.2, 0.25) is 0 Å². The topological polar surface area (TPSA) is 26.3 Å². The highest BCUT2D eigenvalue weighted by Crippen LogP contribution is 2.08. The summed E-state index contributed by atoms with van der Waals surface area (Å²) in [6, 6.07) is 0. The molecule has 0 aromatic heterocycles. The second kappa shape index (κ2) is 20.7. The number of carbonyl (C=O) groups is 1. The van der Waals surface area contributed by atoms with Crippen LogP contribution in [0.15, 0.2) is 36.5 Å². The van der Waals surface area contributed by atoms with Crippen LogP contribution in [0, 0.1) is 0 Å². The van der Waals surface area contributed by atoms with Crippen molar-refractivity contribution in [3.63, 3.8) is 0 Å². The third-order valence-electron chi connectivity index (χ3n) is 4.09. The van der Waals surface area contributed by atoms with Gasteiger partial charge in [0.05, 0.1) is 6.61 Å². The van der Waals surface area contributed by atoms with Gasteiger partial charge < -0.3 is 4.74 Å². The van der Waals surface area contributed by atoms with Crippen molar-refractivity contribution in [1.82, 2.24) is 0 Å². The van der Waals surface area contributed by atoms with Gasteiger partial charge in [0.15, 0.2) is 0 Å². The summed E-state index contributed by atoms with van der Waals surface area (Å²) in [7, 11) is 0. The molecule has 2 nitrogen and oxygen atoms in total. The van der Waals surface area contributed by atoms with Gasteiger partial charge in [0.25, 0.3) is 0 Å². The van der Waals surface area contributed by atoms with E-state index in [0.29, 0.717) is 13.0 Å². The molecule has 2 heteroatoms. The molecule has 0 aliphatic carbocycles. The maximum atomic E-state index is 11.5. The summed E-state index contributed by atoms with van der Waals surface area (Å²) in [6.07, 6.45) is 27.5. The third kappa shape index (κ3) is 20.6. The average molecular weight is 349 g/mol. The van der Waals surface area contributed by atoms with Crippen molar-refractivity contribution in [2.24, 2.45) is 0 Å². The van der Waals surface area contributed by atoms with Crippen molar-refractivity contribution in [2.75, 3.05) is 6.61 Å². The summed E-state index contributed by atoms with van der Waals surface area (Å²) in [4.78, 5) is 11.5. The van der Waals surface area contributed by atoms with Crippen LogP contribution >= 0.6 is 0 Å². The zero-order valence-electron chi connectivity index (χ0n) is 16.7. The Hall–Kier alpha value is -1.31. The molecular formula is C23H40O2. The molecule has 0 aromatic carbocycles. The number of unbranched alkanes of at least 4 members (excludes halogenated alkanes) is 9. The minimum atomic E-state index is -0.0189. The van der Waals surface area contributed by atoms with E-state index in [1.807, 2.05) is 0 Å². The molecule has 0 rings (SSSR count). The highest BCUT2D eigenvalue weighted by molar-refractivity contribution is 5.69. The quantitative estimate of drug-likeness (QED) is 0.156. The Bertz CT molecular complexity index is 366. The van der Waals surface area contributed by atoms with Gasteiger partial charge in [-0.3, -0.25) is 4.79 Å². The van der Waals surface area contributed by atoms with E-state index in [1.54, 1.807) is 0 Å². The van der Waals surface area contributed by atoms with E-state index >= 15 is 0 Å². The summed E-state index contributed by atoms with van der Waals surface area (Å²) in [5, 5.41) is 0. The summed E-state index contributed by atoms with van der Waals surface area (Å²) < 4.78 is 5.20. The zero-order valence-corrected chi connectivity index (χ0v) is 16.7. The molecule has 0 fully saturated rings. The normalized spacial score (nSPS) is 11.9. The molecule has 0 bridgehead atoms. The van der Waals surface area contributed by atoms with E-state index in [4.69, 9.17) is 4.74 Å². The number of rotatable bonds is 17. The van der Waals surface area contributed by atoms with Crippen LogP contribution in [-0.2, 0) is 9.53 Å². The van der Waals surface area contributed by atoms with E-state index in [1.165, 1.54) is 44.9 Å². The molecule has 144 valence electrons. The Morgan fingerprint density at radius 1 is 0.680 bits per heavy atom. The van der Waals surface area contributed by atoms with Gasteiger partial charge in [0.1, 0.15) is 0 Å². The predicted octanol–water partition coefficient (Wildman–Crippen LogP) is 7.31. The number of esters is 1. The minimum absolute atomic E-state index is 0.0189. The second-order valence-corrected chi connectivity index (χ2v) is 6.62. The molecule has 0 atom stereocenters. The molecule has 0 radical (unpaired) electrons. The van der Waals surface area contributed by atoms with Gasteiger partial charge in [-0.1, -0.05) is 95.2 Å². The summed E-state index contributed by atoms with van der Waals surface area (Å²) in [6.45, 7) is 4.97. The second-order valence-electron chi connectivity index (χ2n) is 6.62. The summed E-state index contributed by atoms with van der Waals surface area (Å²) >= 11 is 0. The predicted molar refractivity (Wildman–Crippen MR) is 110 cm³/mol. The lowest BCUT2D eigenvalue weighted by Gasteiger charge is -2.04. The van der Waals surface area contributed by atoms with E-state index in [0.717, 1.165) is 32.1 Å². The van der Waals surface area contributed by atoms with Crippen molar-refractivity contribution in [1.29, 1.82) is 0 Å². The maximum absolute atomic E-state index is 11.5. The van der Waals surface area contributed by atoms with Crippen molar-refractivity contribution >= 4 is 5.97 Å². The fourth-order valence-electron chi connectivity index (χ4n) is 2.47. The van der Waals surface area contributed by atoms with Crippen molar-refractivity contribution in [3.8, 4) is 0 Å². The van der Waals surface area contributed by atoms with Gasteiger partial charge >= 0.3 is 5.97 Å². The van der Waals surface area contributed by atoms with E-state index in [2.05, 4.69) is 50.3 Å². The van der Waals surface area contributed by atoms with Gasteiger partial charge in [0, 0.05) is 6.42 Å². The first-order valence-electron chi connectivity index (χ1n) is 10.4. The van der Waals surface area contributed by atoms with Crippen LogP contribution in [0.2, 0.25) is 0 Å².